The number of rotatable bonds is 7. The van der Waals surface area contributed by atoms with E-state index >= 15 is 0 Å². The van der Waals surface area contributed by atoms with Crippen molar-refractivity contribution in [3.8, 4) is 10.6 Å². The standard InChI is InChI=1S/C13H18N3O2S/c1-17-8-2-3-9-18-11-4-6-12(7-5-11)19-10-15-16-13(19)14/h4-7,10H,2-3,8-9H2,1H3,(H2,14,16)/q+1. The Kier molecular flexibility index (Phi) is 5.11. The molecule has 1 aromatic heterocycles. The van der Waals surface area contributed by atoms with Crippen molar-refractivity contribution in [2.75, 3.05) is 26.1 Å². The zero-order valence-electron chi connectivity index (χ0n) is 10.9. The van der Waals surface area contributed by atoms with Crippen LogP contribution in [-0.2, 0) is 4.74 Å². The van der Waals surface area contributed by atoms with Crippen molar-refractivity contribution in [1.29, 1.82) is 0 Å². The van der Waals surface area contributed by atoms with E-state index in [0.717, 1.165) is 30.1 Å². The number of hydrogen-bond acceptors (Lipinski definition) is 5. The van der Waals surface area contributed by atoms with Crippen LogP contribution in [0.1, 0.15) is 12.8 Å². The van der Waals surface area contributed by atoms with Gasteiger partial charge >= 0.3 is 5.13 Å². The minimum Gasteiger partial charge on any atom is -0.494 e. The first-order valence-corrected chi connectivity index (χ1v) is 7.41. The van der Waals surface area contributed by atoms with E-state index in [1.165, 1.54) is 0 Å². The smallest absolute Gasteiger partial charge is 0.363 e. The highest BCUT2D eigenvalue weighted by Gasteiger charge is 2.16. The van der Waals surface area contributed by atoms with Gasteiger partial charge in [-0.15, -0.1) is 0 Å². The molecular weight excluding hydrogens is 262 g/mol. The van der Waals surface area contributed by atoms with Crippen LogP contribution in [-0.4, -0.2) is 30.5 Å². The summed E-state index contributed by atoms with van der Waals surface area (Å²) in [5, 5.41) is 8.22. The van der Waals surface area contributed by atoms with Crippen LogP contribution in [0.15, 0.2) is 29.8 Å². The van der Waals surface area contributed by atoms with Gasteiger partial charge in [-0.1, -0.05) is 10.2 Å². The molecule has 1 atom stereocenters. The number of benzene rings is 1. The molecule has 0 aliphatic rings. The van der Waals surface area contributed by atoms with Crippen molar-refractivity contribution < 1.29 is 9.47 Å². The second kappa shape index (κ2) is 7.06. The molecule has 2 N–H and O–H groups in total. The molecule has 2 aromatic rings. The predicted molar refractivity (Wildman–Crippen MR) is 76.9 cm³/mol. The normalized spacial score (nSPS) is 11.5. The molecule has 1 aromatic carbocycles. The molecule has 0 aliphatic carbocycles. The number of methoxy groups -OCH3 is 1. The fourth-order valence-corrected chi connectivity index (χ4v) is 2.81. The van der Waals surface area contributed by atoms with Gasteiger partial charge in [0.15, 0.2) is 4.90 Å². The lowest BCUT2D eigenvalue weighted by Gasteiger charge is -2.05. The van der Waals surface area contributed by atoms with Gasteiger partial charge < -0.3 is 15.2 Å². The molecule has 0 fully saturated rings. The minimum atomic E-state index is -0.290. The van der Waals surface area contributed by atoms with E-state index in [1.54, 1.807) is 12.6 Å². The van der Waals surface area contributed by atoms with Crippen molar-refractivity contribution in [3.05, 3.63) is 29.8 Å². The third-order valence-electron chi connectivity index (χ3n) is 2.62. The maximum absolute atomic E-state index is 5.77. The zero-order valence-corrected chi connectivity index (χ0v) is 11.7. The van der Waals surface area contributed by atoms with E-state index in [0.29, 0.717) is 11.7 Å². The van der Waals surface area contributed by atoms with Crippen LogP contribution < -0.4 is 10.5 Å². The summed E-state index contributed by atoms with van der Waals surface area (Å²) in [7, 11) is 1.42. The summed E-state index contributed by atoms with van der Waals surface area (Å²) in [5.74, 6) is 0.872. The van der Waals surface area contributed by atoms with E-state index in [4.69, 9.17) is 15.2 Å². The Balaban J connectivity index is 1.87. The molecule has 1 unspecified atom stereocenters. The van der Waals surface area contributed by atoms with E-state index in [-0.39, 0.29) is 10.5 Å². The lowest BCUT2D eigenvalue weighted by molar-refractivity contribution is 0.184. The van der Waals surface area contributed by atoms with Crippen LogP contribution in [0, 0.1) is 0 Å². The number of nitrogen functional groups attached to an aromatic ring is 1. The summed E-state index contributed by atoms with van der Waals surface area (Å²) in [6.07, 6.45) is 2.01. The summed E-state index contributed by atoms with van der Waals surface area (Å²) in [6, 6.07) is 7.93. The molecule has 6 heteroatoms. The van der Waals surface area contributed by atoms with Gasteiger partial charge in [0.05, 0.1) is 17.1 Å². The molecule has 2 rings (SSSR count). The van der Waals surface area contributed by atoms with Crippen LogP contribution in [0.5, 0.6) is 5.75 Å². The molecule has 0 spiro atoms. The Morgan fingerprint density at radius 2 is 1.89 bits per heavy atom. The first kappa shape index (κ1) is 13.8. The van der Waals surface area contributed by atoms with E-state index in [2.05, 4.69) is 10.2 Å². The minimum absolute atomic E-state index is 0.290. The van der Waals surface area contributed by atoms with E-state index < -0.39 is 0 Å². The summed E-state index contributed by atoms with van der Waals surface area (Å²) in [6.45, 7) is 1.49. The number of ether oxygens (including phenoxy) is 2. The summed E-state index contributed by atoms with van der Waals surface area (Å²) in [5.41, 5.74) is 7.54. The largest absolute Gasteiger partial charge is 0.494 e. The monoisotopic (exact) mass is 280 g/mol. The topological polar surface area (TPSA) is 70.3 Å². The van der Waals surface area contributed by atoms with Crippen molar-refractivity contribution >= 4 is 15.6 Å². The Bertz CT molecular complexity index is 499. The Morgan fingerprint density at radius 3 is 2.53 bits per heavy atom. The van der Waals surface area contributed by atoms with E-state index in [9.17, 15) is 0 Å². The lowest BCUT2D eigenvalue weighted by atomic mass is 10.3. The first-order valence-electron chi connectivity index (χ1n) is 6.13. The third-order valence-corrected chi connectivity index (χ3v) is 4.24. The van der Waals surface area contributed by atoms with Crippen molar-refractivity contribution in [3.63, 3.8) is 0 Å². The number of nitrogens with zero attached hydrogens (tertiary/aromatic N) is 2. The molecule has 1 heterocycles. The number of nitrogens with two attached hydrogens (primary N) is 1. The number of unbranched alkanes of at least 4 members (excludes halogenated alkanes) is 1. The average Bonchev–Trinajstić information content (AvgIpc) is 2.86. The van der Waals surface area contributed by atoms with Gasteiger partial charge in [0.2, 0.25) is 0 Å². The van der Waals surface area contributed by atoms with Crippen LogP contribution in [0.4, 0.5) is 5.13 Å². The van der Waals surface area contributed by atoms with Crippen LogP contribution in [0.2, 0.25) is 0 Å². The molecule has 0 saturated carbocycles. The van der Waals surface area contributed by atoms with Gasteiger partial charge in [-0.05, 0) is 25.0 Å². The molecule has 0 aliphatic heterocycles. The van der Waals surface area contributed by atoms with Crippen molar-refractivity contribution in [1.82, 2.24) is 10.2 Å². The SMILES string of the molecule is COCCCCOc1ccc(-[s+]2cnnc2N)cc1. The highest BCUT2D eigenvalue weighted by molar-refractivity contribution is 7.40. The fraction of sp³-hybridized carbons (Fsp3) is 0.385. The number of aromatic nitrogens is 2. The van der Waals surface area contributed by atoms with Crippen molar-refractivity contribution in [2.45, 2.75) is 12.8 Å². The Morgan fingerprint density at radius 1 is 1.16 bits per heavy atom. The molecule has 0 amide bonds. The van der Waals surface area contributed by atoms with Gasteiger partial charge in [-0.2, -0.15) is 0 Å². The summed E-state index contributed by atoms with van der Waals surface area (Å²) in [4.78, 5) is 1.11. The fourth-order valence-electron chi connectivity index (χ4n) is 1.63. The second-order valence-corrected chi connectivity index (χ2v) is 5.79. The number of anilines is 1. The van der Waals surface area contributed by atoms with Crippen molar-refractivity contribution in [2.24, 2.45) is 0 Å². The van der Waals surface area contributed by atoms with E-state index in [1.807, 2.05) is 24.3 Å². The third kappa shape index (κ3) is 3.90. The van der Waals surface area contributed by atoms with Crippen LogP contribution in [0.3, 0.4) is 0 Å². The number of hydrogen-bond donors (Lipinski definition) is 1. The Hall–Kier alpha value is -1.66. The maximum atomic E-state index is 5.77. The maximum Gasteiger partial charge on any atom is 0.363 e. The molecule has 102 valence electrons. The second-order valence-electron chi connectivity index (χ2n) is 4.02. The molecule has 0 bridgehead atoms. The molecule has 0 radical (unpaired) electrons. The Labute approximate surface area is 115 Å². The predicted octanol–water partition coefficient (Wildman–Crippen LogP) is 2.60. The van der Waals surface area contributed by atoms with Crippen LogP contribution >= 0.6 is 10.5 Å². The van der Waals surface area contributed by atoms with Crippen LogP contribution in [0.25, 0.3) is 4.90 Å². The van der Waals surface area contributed by atoms with Gasteiger partial charge in [-0.3, -0.25) is 0 Å². The summed E-state index contributed by atoms with van der Waals surface area (Å²) < 4.78 is 10.6. The van der Waals surface area contributed by atoms with Gasteiger partial charge in [0.25, 0.3) is 5.51 Å². The highest BCUT2D eigenvalue weighted by Crippen LogP contribution is 2.35. The van der Waals surface area contributed by atoms with Gasteiger partial charge in [-0.25, -0.2) is 0 Å². The first-order chi connectivity index (χ1) is 9.31. The molecule has 19 heavy (non-hydrogen) atoms. The van der Waals surface area contributed by atoms with Gasteiger partial charge in [0.1, 0.15) is 5.75 Å². The molecule has 0 saturated heterocycles. The highest BCUT2D eigenvalue weighted by atomic mass is 32.2. The molecular formula is C13H18N3O2S+. The van der Waals surface area contributed by atoms with Gasteiger partial charge in [0, 0.05) is 25.8 Å². The zero-order chi connectivity index (χ0) is 13.5. The summed E-state index contributed by atoms with van der Waals surface area (Å²) >= 11 is 0. The quantitative estimate of drug-likeness (QED) is 0.623. The lowest BCUT2D eigenvalue weighted by Crippen LogP contribution is -1.99. The molecule has 5 nitrogen and oxygen atoms in total. The average molecular weight is 280 g/mol.